The molecule has 0 aliphatic rings. The van der Waals surface area contributed by atoms with Gasteiger partial charge in [-0.25, -0.2) is 33.9 Å². The topological polar surface area (TPSA) is 121 Å². The molecule has 0 radical (unpaired) electrons. The van der Waals surface area contributed by atoms with E-state index in [0.717, 1.165) is 8.61 Å². The van der Waals surface area contributed by atoms with Gasteiger partial charge in [0.15, 0.2) is 0 Å². The minimum atomic E-state index is -3.98. The van der Waals surface area contributed by atoms with Crippen molar-refractivity contribution in [1.82, 2.24) is 8.61 Å². The highest BCUT2D eigenvalue weighted by Crippen LogP contribution is 2.21. The maximum Gasteiger partial charge on any atom is 0.261 e. The molecule has 0 aliphatic carbocycles. The Morgan fingerprint density at radius 2 is 0.893 bits per heavy atom. The first-order chi connectivity index (χ1) is 12.8. The van der Waals surface area contributed by atoms with Gasteiger partial charge < -0.3 is 0 Å². The Morgan fingerprint density at radius 1 is 0.571 bits per heavy atom. The Hall–Kier alpha value is -1.99. The van der Waals surface area contributed by atoms with Crippen molar-refractivity contribution >= 4 is 35.8 Å². The van der Waals surface area contributed by atoms with Crippen LogP contribution in [-0.2, 0) is 30.1 Å². The van der Waals surface area contributed by atoms with Crippen LogP contribution in [0.5, 0.6) is 0 Å². The molecule has 2 aromatic rings. The van der Waals surface area contributed by atoms with Crippen molar-refractivity contribution in [2.75, 3.05) is 32.9 Å². The van der Waals surface area contributed by atoms with Gasteiger partial charge in [-0.05, 0) is 48.5 Å². The molecule has 0 aromatic heterocycles. The van der Waals surface area contributed by atoms with E-state index in [2.05, 4.69) is 4.72 Å². The molecule has 0 spiro atoms. The van der Waals surface area contributed by atoms with Crippen molar-refractivity contribution < 1.29 is 25.3 Å². The van der Waals surface area contributed by atoms with Crippen molar-refractivity contribution in [3.8, 4) is 0 Å². The number of benzene rings is 2. The summed E-state index contributed by atoms with van der Waals surface area (Å²) in [5, 5.41) is 0. The van der Waals surface area contributed by atoms with E-state index in [9.17, 15) is 25.3 Å². The number of hydrogen-bond acceptors (Lipinski definition) is 6. The number of nitrogens with one attached hydrogen (secondary N) is 1. The van der Waals surface area contributed by atoms with Gasteiger partial charge >= 0.3 is 0 Å². The Labute approximate surface area is 165 Å². The molecular formula is C16H21N3O6S3. The second-order valence-corrected chi connectivity index (χ2v) is 12.2. The van der Waals surface area contributed by atoms with Crippen molar-refractivity contribution in [2.45, 2.75) is 14.7 Å². The summed E-state index contributed by atoms with van der Waals surface area (Å²) >= 11 is 0. The van der Waals surface area contributed by atoms with Crippen LogP contribution >= 0.6 is 0 Å². The van der Waals surface area contributed by atoms with Crippen LogP contribution < -0.4 is 4.72 Å². The molecule has 12 heteroatoms. The Bertz CT molecular complexity index is 1150. The molecule has 9 nitrogen and oxygen atoms in total. The average Bonchev–Trinajstić information content (AvgIpc) is 2.61. The predicted molar refractivity (Wildman–Crippen MR) is 105 cm³/mol. The lowest BCUT2D eigenvalue weighted by Gasteiger charge is -2.13. The molecule has 1 N–H and O–H groups in total. The molecule has 0 atom stereocenters. The van der Waals surface area contributed by atoms with Crippen LogP contribution in [-0.4, -0.2) is 62.1 Å². The zero-order chi connectivity index (χ0) is 21.3. The van der Waals surface area contributed by atoms with E-state index in [-0.39, 0.29) is 20.4 Å². The molecular weight excluding hydrogens is 426 g/mol. The molecule has 0 fully saturated rings. The van der Waals surface area contributed by atoms with E-state index >= 15 is 0 Å². The van der Waals surface area contributed by atoms with Gasteiger partial charge in [0.2, 0.25) is 20.0 Å². The number of sulfonamides is 3. The highest BCUT2D eigenvalue weighted by atomic mass is 32.2. The molecule has 0 bridgehead atoms. The van der Waals surface area contributed by atoms with Crippen LogP contribution in [0.1, 0.15) is 0 Å². The Morgan fingerprint density at radius 3 is 1.25 bits per heavy atom. The molecule has 0 heterocycles. The molecule has 0 aliphatic heterocycles. The summed E-state index contributed by atoms with van der Waals surface area (Å²) in [6.45, 7) is 0. The van der Waals surface area contributed by atoms with Gasteiger partial charge in [0.1, 0.15) is 0 Å². The highest BCUT2D eigenvalue weighted by molar-refractivity contribution is 7.92. The second kappa shape index (κ2) is 7.79. The smallest absolute Gasteiger partial charge is 0.261 e. The normalized spacial score (nSPS) is 13.1. The molecule has 2 rings (SSSR count). The second-order valence-electron chi connectivity index (χ2n) is 6.18. The van der Waals surface area contributed by atoms with E-state index < -0.39 is 30.1 Å². The fraction of sp³-hybridized carbons (Fsp3) is 0.250. The van der Waals surface area contributed by atoms with E-state index in [1.54, 1.807) is 0 Å². The molecule has 154 valence electrons. The Kier molecular flexibility index (Phi) is 6.21. The van der Waals surface area contributed by atoms with Crippen molar-refractivity contribution in [1.29, 1.82) is 0 Å². The predicted octanol–water partition coefficient (Wildman–Crippen LogP) is 0.988. The van der Waals surface area contributed by atoms with Gasteiger partial charge in [0.05, 0.1) is 14.7 Å². The lowest BCUT2D eigenvalue weighted by molar-refractivity contribution is 0.519. The summed E-state index contributed by atoms with van der Waals surface area (Å²) in [5.74, 6) is 0. The van der Waals surface area contributed by atoms with Gasteiger partial charge in [-0.3, -0.25) is 4.72 Å². The summed E-state index contributed by atoms with van der Waals surface area (Å²) in [6.07, 6.45) is 0. The molecule has 0 amide bonds. The van der Waals surface area contributed by atoms with E-state index in [1.807, 2.05) is 0 Å². The van der Waals surface area contributed by atoms with Gasteiger partial charge in [0, 0.05) is 33.9 Å². The zero-order valence-corrected chi connectivity index (χ0v) is 18.1. The first-order valence-electron chi connectivity index (χ1n) is 7.86. The van der Waals surface area contributed by atoms with Crippen LogP contribution in [0.25, 0.3) is 0 Å². The first-order valence-corrected chi connectivity index (χ1v) is 12.2. The number of hydrogen-bond donors (Lipinski definition) is 1. The number of rotatable bonds is 7. The van der Waals surface area contributed by atoms with Crippen LogP contribution in [0.15, 0.2) is 63.2 Å². The third kappa shape index (κ3) is 4.52. The Balaban J connectivity index is 2.27. The SMILES string of the molecule is CN(C)S(=O)(=O)c1ccc(NS(=O)(=O)c2ccc(S(=O)(=O)N(C)C)cc2)cc1. The van der Waals surface area contributed by atoms with Crippen LogP contribution in [0, 0.1) is 0 Å². The maximum atomic E-state index is 12.5. The van der Waals surface area contributed by atoms with Crippen molar-refractivity contribution in [3.05, 3.63) is 48.5 Å². The van der Waals surface area contributed by atoms with Gasteiger partial charge in [0.25, 0.3) is 10.0 Å². The summed E-state index contributed by atoms with van der Waals surface area (Å²) in [4.78, 5) is -0.136. The minimum Gasteiger partial charge on any atom is -0.280 e. The number of nitrogens with zero attached hydrogens (tertiary/aromatic N) is 2. The van der Waals surface area contributed by atoms with E-state index in [4.69, 9.17) is 0 Å². The summed E-state index contributed by atoms with van der Waals surface area (Å²) < 4.78 is 77.6. The quantitative estimate of drug-likeness (QED) is 0.676. The summed E-state index contributed by atoms with van der Waals surface area (Å²) in [5.41, 5.74) is 0.169. The minimum absolute atomic E-state index is 0.0266. The number of anilines is 1. The van der Waals surface area contributed by atoms with Gasteiger partial charge in [-0.15, -0.1) is 0 Å². The molecule has 0 saturated carbocycles. The zero-order valence-electron chi connectivity index (χ0n) is 15.7. The van der Waals surface area contributed by atoms with E-state index in [1.165, 1.54) is 76.7 Å². The lowest BCUT2D eigenvalue weighted by atomic mass is 10.3. The molecule has 28 heavy (non-hydrogen) atoms. The monoisotopic (exact) mass is 447 g/mol. The standard InChI is InChI=1S/C16H21N3O6S3/c1-18(2)27(22,23)15-7-5-13(6-8-15)17-26(20,21)14-9-11-16(12-10-14)28(24,25)19(3)4/h5-12,17H,1-4H3. The average molecular weight is 448 g/mol. The highest BCUT2D eigenvalue weighted by Gasteiger charge is 2.21. The van der Waals surface area contributed by atoms with Gasteiger partial charge in [-0.1, -0.05) is 0 Å². The summed E-state index contributed by atoms with van der Waals surface area (Å²) in [6, 6.07) is 10.0. The first kappa shape index (κ1) is 22.3. The lowest BCUT2D eigenvalue weighted by Crippen LogP contribution is -2.22. The fourth-order valence-corrected chi connectivity index (χ4v) is 4.98. The largest absolute Gasteiger partial charge is 0.280 e. The van der Waals surface area contributed by atoms with Crippen molar-refractivity contribution in [3.63, 3.8) is 0 Å². The van der Waals surface area contributed by atoms with Crippen molar-refractivity contribution in [2.24, 2.45) is 0 Å². The van der Waals surface area contributed by atoms with Crippen LogP contribution in [0.2, 0.25) is 0 Å². The molecule has 2 aromatic carbocycles. The van der Waals surface area contributed by atoms with E-state index in [0.29, 0.717) is 0 Å². The summed E-state index contributed by atoms with van der Waals surface area (Å²) in [7, 11) is -5.72. The van der Waals surface area contributed by atoms with Crippen LogP contribution in [0.3, 0.4) is 0 Å². The molecule has 0 saturated heterocycles. The molecule has 0 unspecified atom stereocenters. The van der Waals surface area contributed by atoms with Crippen LogP contribution in [0.4, 0.5) is 5.69 Å². The third-order valence-corrected chi connectivity index (χ3v) is 8.85. The third-order valence-electron chi connectivity index (χ3n) is 3.80. The fourth-order valence-electron chi connectivity index (χ4n) is 2.12. The van der Waals surface area contributed by atoms with Gasteiger partial charge in [-0.2, -0.15) is 0 Å². The maximum absolute atomic E-state index is 12.5.